The van der Waals surface area contributed by atoms with Gasteiger partial charge in [-0.25, -0.2) is 0 Å². The summed E-state index contributed by atoms with van der Waals surface area (Å²) in [5.41, 5.74) is 2.08. The number of halogens is 3. The minimum Gasteiger partial charge on any atom is -0.454 e. The van der Waals surface area contributed by atoms with Crippen LogP contribution >= 0.6 is 43.5 Å². The van der Waals surface area contributed by atoms with Crippen molar-refractivity contribution in [1.82, 2.24) is 0 Å². The molecule has 1 aliphatic rings. The molecule has 0 saturated heterocycles. The molecule has 104 valence electrons. The predicted octanol–water partition coefficient (Wildman–Crippen LogP) is 5.21. The first-order valence-electron chi connectivity index (χ1n) is 5.90. The van der Waals surface area contributed by atoms with E-state index in [2.05, 4.69) is 37.2 Å². The summed E-state index contributed by atoms with van der Waals surface area (Å²) in [4.78, 5) is 0. The van der Waals surface area contributed by atoms with E-state index in [9.17, 15) is 0 Å². The van der Waals surface area contributed by atoms with Crippen LogP contribution in [0.2, 0.25) is 5.02 Å². The number of hydrogen-bond donors (Lipinski definition) is 1. The van der Waals surface area contributed by atoms with Crippen molar-refractivity contribution >= 4 is 49.1 Å². The van der Waals surface area contributed by atoms with Crippen LogP contribution in [0.4, 0.5) is 5.69 Å². The molecular formula is C14H10Br2ClNO2. The van der Waals surface area contributed by atoms with Crippen LogP contribution in [0.15, 0.2) is 39.3 Å². The van der Waals surface area contributed by atoms with Gasteiger partial charge >= 0.3 is 0 Å². The lowest BCUT2D eigenvalue weighted by atomic mass is 10.2. The molecule has 0 unspecified atom stereocenters. The molecule has 0 saturated carbocycles. The zero-order valence-electron chi connectivity index (χ0n) is 10.3. The molecule has 1 heterocycles. The summed E-state index contributed by atoms with van der Waals surface area (Å²) in [7, 11) is 0. The highest BCUT2D eigenvalue weighted by atomic mass is 79.9. The van der Waals surface area contributed by atoms with Crippen molar-refractivity contribution in [3.63, 3.8) is 0 Å². The lowest BCUT2D eigenvalue weighted by molar-refractivity contribution is 0.174. The zero-order valence-corrected chi connectivity index (χ0v) is 14.2. The Morgan fingerprint density at radius 3 is 2.55 bits per heavy atom. The summed E-state index contributed by atoms with van der Waals surface area (Å²) in [5.74, 6) is 1.55. The van der Waals surface area contributed by atoms with E-state index in [1.807, 2.05) is 30.3 Å². The number of benzene rings is 2. The Morgan fingerprint density at radius 2 is 1.80 bits per heavy atom. The van der Waals surface area contributed by atoms with Gasteiger partial charge in [0.05, 0.1) is 0 Å². The van der Waals surface area contributed by atoms with Gasteiger partial charge in [0, 0.05) is 26.2 Å². The topological polar surface area (TPSA) is 30.5 Å². The second kappa shape index (κ2) is 5.84. The number of anilines is 1. The average Bonchev–Trinajstić information content (AvgIpc) is 2.84. The third-order valence-electron chi connectivity index (χ3n) is 2.94. The molecule has 0 fully saturated rings. The van der Waals surface area contributed by atoms with Crippen molar-refractivity contribution in [2.24, 2.45) is 0 Å². The molecule has 0 atom stereocenters. The maximum absolute atomic E-state index is 5.93. The van der Waals surface area contributed by atoms with Crippen LogP contribution in [0, 0.1) is 0 Å². The Labute approximate surface area is 138 Å². The first kappa shape index (κ1) is 14.0. The molecule has 3 nitrogen and oxygen atoms in total. The van der Waals surface area contributed by atoms with Crippen LogP contribution in [0.3, 0.4) is 0 Å². The molecule has 20 heavy (non-hydrogen) atoms. The first-order chi connectivity index (χ1) is 9.63. The van der Waals surface area contributed by atoms with Gasteiger partial charge in [-0.1, -0.05) is 27.5 Å². The fourth-order valence-corrected chi connectivity index (χ4v) is 3.20. The molecule has 3 rings (SSSR count). The number of nitrogens with one attached hydrogen (secondary N) is 1. The normalized spacial score (nSPS) is 12.6. The van der Waals surface area contributed by atoms with Crippen LogP contribution in [-0.4, -0.2) is 6.79 Å². The summed E-state index contributed by atoms with van der Waals surface area (Å²) in [5, 5.41) is 4.06. The van der Waals surface area contributed by atoms with E-state index in [4.69, 9.17) is 21.1 Å². The Kier molecular flexibility index (Phi) is 4.10. The zero-order chi connectivity index (χ0) is 14.1. The van der Waals surface area contributed by atoms with Crippen molar-refractivity contribution in [3.05, 3.63) is 49.9 Å². The van der Waals surface area contributed by atoms with Gasteiger partial charge in [-0.05, 0) is 51.8 Å². The van der Waals surface area contributed by atoms with E-state index in [-0.39, 0.29) is 6.79 Å². The fourth-order valence-electron chi connectivity index (χ4n) is 1.92. The van der Waals surface area contributed by atoms with Crippen molar-refractivity contribution in [2.75, 3.05) is 12.1 Å². The van der Waals surface area contributed by atoms with Crippen LogP contribution in [-0.2, 0) is 6.54 Å². The Bertz CT molecular complexity index is 664. The molecular weight excluding hydrogens is 409 g/mol. The van der Waals surface area contributed by atoms with Gasteiger partial charge in [0.2, 0.25) is 6.79 Å². The standard InChI is InChI=1S/C14H10Br2ClNO2/c15-10-5-14-13(19-7-20-14)3-8(10)6-18-12-2-1-9(17)4-11(12)16/h1-5,18H,6-7H2. The number of fused-ring (bicyclic) bond motifs is 1. The predicted molar refractivity (Wildman–Crippen MR) is 86.7 cm³/mol. The van der Waals surface area contributed by atoms with E-state index >= 15 is 0 Å². The largest absolute Gasteiger partial charge is 0.454 e. The second-order valence-electron chi connectivity index (χ2n) is 4.27. The van der Waals surface area contributed by atoms with E-state index in [1.54, 1.807) is 0 Å². The quantitative estimate of drug-likeness (QED) is 0.741. The van der Waals surface area contributed by atoms with Crippen molar-refractivity contribution in [2.45, 2.75) is 6.54 Å². The molecule has 0 radical (unpaired) electrons. The lowest BCUT2D eigenvalue weighted by Crippen LogP contribution is -2.01. The van der Waals surface area contributed by atoms with E-state index < -0.39 is 0 Å². The smallest absolute Gasteiger partial charge is 0.231 e. The Morgan fingerprint density at radius 1 is 1.05 bits per heavy atom. The molecule has 2 aromatic carbocycles. The third-order valence-corrected chi connectivity index (χ3v) is 4.57. The van der Waals surface area contributed by atoms with Crippen LogP contribution in [0.1, 0.15) is 5.56 Å². The number of rotatable bonds is 3. The SMILES string of the molecule is Clc1ccc(NCc2cc3c(cc2Br)OCO3)c(Br)c1. The van der Waals surface area contributed by atoms with Crippen molar-refractivity contribution in [1.29, 1.82) is 0 Å². The maximum atomic E-state index is 5.93. The maximum Gasteiger partial charge on any atom is 0.231 e. The van der Waals surface area contributed by atoms with E-state index in [0.717, 1.165) is 31.7 Å². The highest BCUT2D eigenvalue weighted by Gasteiger charge is 2.16. The highest BCUT2D eigenvalue weighted by molar-refractivity contribution is 9.11. The Hall–Kier alpha value is -0.910. The molecule has 0 bridgehead atoms. The summed E-state index contributed by atoms with van der Waals surface area (Å²) in [6.07, 6.45) is 0. The van der Waals surface area contributed by atoms with Gasteiger partial charge in [-0.2, -0.15) is 0 Å². The molecule has 0 amide bonds. The molecule has 1 aliphatic heterocycles. The molecule has 1 N–H and O–H groups in total. The summed E-state index contributed by atoms with van der Waals surface area (Å²) in [6.45, 7) is 0.943. The van der Waals surface area contributed by atoms with Gasteiger partial charge < -0.3 is 14.8 Å². The van der Waals surface area contributed by atoms with Crippen molar-refractivity contribution < 1.29 is 9.47 Å². The van der Waals surface area contributed by atoms with E-state index in [1.165, 1.54) is 0 Å². The summed E-state index contributed by atoms with van der Waals surface area (Å²) < 4.78 is 12.6. The average molecular weight is 420 g/mol. The summed E-state index contributed by atoms with van der Waals surface area (Å²) in [6, 6.07) is 9.55. The Balaban J connectivity index is 1.78. The molecule has 6 heteroatoms. The fraction of sp³-hybridized carbons (Fsp3) is 0.143. The molecule has 2 aromatic rings. The van der Waals surface area contributed by atoms with Crippen LogP contribution in [0.5, 0.6) is 11.5 Å². The molecule has 0 aliphatic carbocycles. The molecule has 0 aromatic heterocycles. The summed E-state index contributed by atoms with van der Waals surface area (Å²) >= 11 is 13.0. The number of ether oxygens (including phenoxy) is 2. The van der Waals surface area contributed by atoms with Crippen LogP contribution < -0.4 is 14.8 Å². The monoisotopic (exact) mass is 417 g/mol. The van der Waals surface area contributed by atoms with Crippen LogP contribution in [0.25, 0.3) is 0 Å². The van der Waals surface area contributed by atoms with Gasteiger partial charge in [0.15, 0.2) is 11.5 Å². The van der Waals surface area contributed by atoms with Crippen molar-refractivity contribution in [3.8, 4) is 11.5 Å². The minimum absolute atomic E-state index is 0.279. The second-order valence-corrected chi connectivity index (χ2v) is 6.42. The lowest BCUT2D eigenvalue weighted by Gasteiger charge is -2.11. The third kappa shape index (κ3) is 2.90. The van der Waals surface area contributed by atoms with Gasteiger partial charge in [0.1, 0.15) is 0 Å². The first-order valence-corrected chi connectivity index (χ1v) is 7.87. The van der Waals surface area contributed by atoms with Gasteiger partial charge in [0.25, 0.3) is 0 Å². The minimum atomic E-state index is 0.279. The highest BCUT2D eigenvalue weighted by Crippen LogP contribution is 2.37. The van der Waals surface area contributed by atoms with Gasteiger partial charge in [-0.3, -0.25) is 0 Å². The van der Waals surface area contributed by atoms with Gasteiger partial charge in [-0.15, -0.1) is 0 Å². The molecule has 0 spiro atoms. The number of hydrogen-bond acceptors (Lipinski definition) is 3. The van der Waals surface area contributed by atoms with E-state index in [0.29, 0.717) is 11.6 Å².